The lowest BCUT2D eigenvalue weighted by Gasteiger charge is -2.26. The summed E-state index contributed by atoms with van der Waals surface area (Å²) < 4.78 is 45.9. The summed E-state index contributed by atoms with van der Waals surface area (Å²) in [5.74, 6) is 0.520. The lowest BCUT2D eigenvalue weighted by Crippen LogP contribution is -2.40. The summed E-state index contributed by atoms with van der Waals surface area (Å²) in [5.41, 5.74) is 2.57. The fourth-order valence-electron chi connectivity index (χ4n) is 3.85. The Labute approximate surface area is 187 Å². The van der Waals surface area contributed by atoms with Crippen LogP contribution < -0.4 is 9.46 Å². The summed E-state index contributed by atoms with van der Waals surface area (Å²) in [7, 11) is -2.45. The quantitative estimate of drug-likeness (QED) is 0.627. The number of fused-ring (bicyclic) bond motifs is 1. The van der Waals surface area contributed by atoms with Gasteiger partial charge in [0.05, 0.1) is 20.3 Å². The van der Waals surface area contributed by atoms with Crippen LogP contribution in [0.4, 0.5) is 5.69 Å². The highest BCUT2D eigenvalue weighted by atomic mass is 32.2. The zero-order valence-electron chi connectivity index (χ0n) is 18.5. The van der Waals surface area contributed by atoms with E-state index in [1.807, 2.05) is 13.0 Å². The predicted molar refractivity (Wildman–Crippen MR) is 121 cm³/mol. The number of amides is 1. The molecular weight excluding hydrogens is 432 g/mol. The number of methoxy groups -OCH3 is 1. The summed E-state index contributed by atoms with van der Waals surface area (Å²) in [6.45, 7) is 7.23. The van der Waals surface area contributed by atoms with Crippen LogP contribution in [0, 0.1) is 20.8 Å². The van der Waals surface area contributed by atoms with E-state index < -0.39 is 10.0 Å². The maximum atomic E-state index is 13.4. The van der Waals surface area contributed by atoms with E-state index in [-0.39, 0.29) is 22.1 Å². The number of rotatable bonds is 5. The van der Waals surface area contributed by atoms with E-state index in [4.69, 9.17) is 13.9 Å². The normalized spacial score (nSPS) is 14.6. The predicted octanol–water partition coefficient (Wildman–Crippen LogP) is 3.64. The Hall–Kier alpha value is -3.04. The summed E-state index contributed by atoms with van der Waals surface area (Å²) in [4.78, 5) is 14.8. The van der Waals surface area contributed by atoms with Crippen molar-refractivity contribution in [1.29, 1.82) is 0 Å². The van der Waals surface area contributed by atoms with Crippen molar-refractivity contribution >= 4 is 32.6 Å². The van der Waals surface area contributed by atoms with Gasteiger partial charge in [0.15, 0.2) is 11.3 Å². The third-order valence-electron chi connectivity index (χ3n) is 5.80. The average Bonchev–Trinajstić information content (AvgIpc) is 3.10. The molecule has 0 unspecified atom stereocenters. The van der Waals surface area contributed by atoms with Gasteiger partial charge in [-0.3, -0.25) is 9.52 Å². The number of carbonyl (C=O) groups excluding carboxylic acids is 1. The fourth-order valence-corrected chi connectivity index (χ4v) is 5.35. The highest BCUT2D eigenvalue weighted by molar-refractivity contribution is 7.93. The Balaban J connectivity index is 1.81. The Morgan fingerprint density at radius 2 is 1.72 bits per heavy atom. The summed E-state index contributed by atoms with van der Waals surface area (Å²) >= 11 is 0. The zero-order valence-corrected chi connectivity index (χ0v) is 19.3. The molecule has 0 atom stereocenters. The van der Waals surface area contributed by atoms with E-state index in [9.17, 15) is 13.2 Å². The maximum Gasteiger partial charge on any atom is 0.290 e. The van der Waals surface area contributed by atoms with Crippen molar-refractivity contribution in [2.45, 2.75) is 25.7 Å². The number of ether oxygens (including phenoxy) is 2. The molecule has 1 fully saturated rings. The van der Waals surface area contributed by atoms with Gasteiger partial charge in [-0.25, -0.2) is 8.42 Å². The second kappa shape index (κ2) is 8.48. The number of carbonyl (C=O) groups is 1. The van der Waals surface area contributed by atoms with Crippen molar-refractivity contribution in [3.63, 3.8) is 0 Å². The molecule has 1 aliphatic heterocycles. The van der Waals surface area contributed by atoms with Crippen LogP contribution in [0.1, 0.15) is 27.2 Å². The first-order chi connectivity index (χ1) is 15.2. The zero-order chi connectivity index (χ0) is 23.0. The second-order valence-electron chi connectivity index (χ2n) is 7.82. The second-order valence-corrected chi connectivity index (χ2v) is 9.44. The number of hydrogen-bond acceptors (Lipinski definition) is 6. The molecule has 1 N–H and O–H groups in total. The molecule has 1 aromatic heterocycles. The number of morpholine rings is 1. The van der Waals surface area contributed by atoms with Gasteiger partial charge >= 0.3 is 0 Å². The van der Waals surface area contributed by atoms with Crippen molar-refractivity contribution in [1.82, 2.24) is 4.90 Å². The number of furan rings is 1. The molecular formula is C23H26N2O6S. The molecule has 4 rings (SSSR count). The van der Waals surface area contributed by atoms with E-state index >= 15 is 0 Å². The van der Waals surface area contributed by atoms with Gasteiger partial charge in [-0.15, -0.1) is 0 Å². The van der Waals surface area contributed by atoms with Crippen molar-refractivity contribution < 1.29 is 27.1 Å². The molecule has 170 valence electrons. The van der Waals surface area contributed by atoms with Crippen molar-refractivity contribution in [2.24, 2.45) is 0 Å². The average molecular weight is 459 g/mol. The van der Waals surface area contributed by atoms with Gasteiger partial charge in [-0.05, 0) is 62.2 Å². The molecule has 0 radical (unpaired) electrons. The highest BCUT2D eigenvalue weighted by Crippen LogP contribution is 2.36. The van der Waals surface area contributed by atoms with E-state index in [1.165, 1.54) is 0 Å². The summed E-state index contributed by atoms with van der Waals surface area (Å²) in [6.07, 6.45) is 0. The Morgan fingerprint density at radius 3 is 2.34 bits per heavy atom. The van der Waals surface area contributed by atoms with Crippen molar-refractivity contribution in [3.8, 4) is 5.75 Å². The molecule has 1 aliphatic rings. The van der Waals surface area contributed by atoms with Gasteiger partial charge in [0.2, 0.25) is 0 Å². The van der Waals surface area contributed by atoms with E-state index in [0.717, 1.165) is 5.56 Å². The number of benzene rings is 2. The van der Waals surface area contributed by atoms with Gasteiger partial charge in [0, 0.05) is 29.7 Å². The number of hydrogen-bond donors (Lipinski definition) is 1. The summed E-state index contributed by atoms with van der Waals surface area (Å²) in [5, 5.41) is 0.611. The third kappa shape index (κ3) is 3.93. The van der Waals surface area contributed by atoms with Crippen LogP contribution in [0.15, 0.2) is 39.6 Å². The lowest BCUT2D eigenvalue weighted by molar-refractivity contribution is 0.0283. The lowest BCUT2D eigenvalue weighted by atomic mass is 10.0. The van der Waals surface area contributed by atoms with Gasteiger partial charge in [0.1, 0.15) is 10.6 Å². The third-order valence-corrected chi connectivity index (χ3v) is 7.33. The number of aryl methyl sites for hydroxylation is 2. The Bertz CT molecular complexity index is 1270. The molecule has 9 heteroatoms. The van der Waals surface area contributed by atoms with E-state index in [0.29, 0.717) is 54.3 Å². The molecule has 1 saturated heterocycles. The van der Waals surface area contributed by atoms with Crippen LogP contribution in [0.25, 0.3) is 11.0 Å². The molecule has 32 heavy (non-hydrogen) atoms. The minimum absolute atomic E-state index is 0.0347. The highest BCUT2D eigenvalue weighted by Gasteiger charge is 2.30. The topological polar surface area (TPSA) is 98.1 Å². The van der Waals surface area contributed by atoms with Gasteiger partial charge in [-0.2, -0.15) is 0 Å². The standard InChI is InChI=1S/C23H26N2O6S/c1-14-13-19-16(3)20(23(26)25-9-11-30-12-10-25)31-21(19)22(15(14)2)32(27,28)24-17-5-7-18(29-4)8-6-17/h5-8,13,24H,9-12H2,1-4H3. The minimum Gasteiger partial charge on any atom is -0.497 e. The Morgan fingerprint density at radius 1 is 1.06 bits per heavy atom. The smallest absolute Gasteiger partial charge is 0.290 e. The first-order valence-electron chi connectivity index (χ1n) is 10.3. The van der Waals surface area contributed by atoms with Gasteiger partial charge < -0.3 is 18.8 Å². The van der Waals surface area contributed by atoms with Crippen LogP contribution in [0.5, 0.6) is 5.75 Å². The van der Waals surface area contributed by atoms with Crippen molar-refractivity contribution in [3.05, 3.63) is 52.8 Å². The first-order valence-corrected chi connectivity index (χ1v) is 11.8. The van der Waals surface area contributed by atoms with Crippen LogP contribution in [0.3, 0.4) is 0 Å². The molecule has 1 amide bonds. The molecule has 2 aromatic carbocycles. The van der Waals surface area contributed by atoms with E-state index in [1.54, 1.807) is 50.1 Å². The van der Waals surface area contributed by atoms with Gasteiger partial charge in [-0.1, -0.05) is 0 Å². The molecule has 3 aromatic rings. The number of sulfonamides is 1. The summed E-state index contributed by atoms with van der Waals surface area (Å²) in [6, 6.07) is 8.46. The molecule has 2 heterocycles. The number of nitrogens with one attached hydrogen (secondary N) is 1. The first kappa shape index (κ1) is 22.2. The molecule has 0 saturated carbocycles. The van der Waals surface area contributed by atoms with Gasteiger partial charge in [0.25, 0.3) is 15.9 Å². The molecule has 0 bridgehead atoms. The van der Waals surface area contributed by atoms with E-state index in [2.05, 4.69) is 4.72 Å². The fraction of sp³-hybridized carbons (Fsp3) is 0.348. The minimum atomic E-state index is -4.00. The Kier molecular flexibility index (Phi) is 5.87. The molecule has 0 aliphatic carbocycles. The monoisotopic (exact) mass is 458 g/mol. The largest absolute Gasteiger partial charge is 0.497 e. The van der Waals surface area contributed by atoms with Crippen LogP contribution >= 0.6 is 0 Å². The van der Waals surface area contributed by atoms with Crippen LogP contribution in [0.2, 0.25) is 0 Å². The number of nitrogens with zero attached hydrogens (tertiary/aromatic N) is 1. The SMILES string of the molecule is COc1ccc(NS(=O)(=O)c2c(C)c(C)cc3c(C)c(C(=O)N4CCOCC4)oc23)cc1. The van der Waals surface area contributed by atoms with Crippen LogP contribution in [-0.4, -0.2) is 52.6 Å². The number of anilines is 1. The molecule has 0 spiro atoms. The maximum absolute atomic E-state index is 13.4. The van der Waals surface area contributed by atoms with Crippen molar-refractivity contribution in [2.75, 3.05) is 38.1 Å². The van der Waals surface area contributed by atoms with Crippen LogP contribution in [-0.2, 0) is 14.8 Å². The molecule has 8 nitrogen and oxygen atoms in total.